The molecular weight excluding hydrogens is 278 g/mol. The summed E-state index contributed by atoms with van der Waals surface area (Å²) < 4.78 is 37.4. The van der Waals surface area contributed by atoms with Gasteiger partial charge in [0, 0.05) is 11.5 Å². The number of pyridine rings is 1. The van der Waals surface area contributed by atoms with Gasteiger partial charge in [-0.2, -0.15) is 13.2 Å². The number of benzene rings is 1. The van der Waals surface area contributed by atoms with Gasteiger partial charge >= 0.3 is 6.18 Å². The van der Waals surface area contributed by atoms with Crippen LogP contribution in [0.3, 0.4) is 0 Å². The van der Waals surface area contributed by atoms with Crippen LogP contribution in [0, 0.1) is 0 Å². The highest BCUT2D eigenvalue weighted by molar-refractivity contribution is 6.44. The first-order valence-electron chi connectivity index (χ1n) is 4.39. The molecule has 2 nitrogen and oxygen atoms in total. The maximum Gasteiger partial charge on any atom is 0.431 e. The summed E-state index contributed by atoms with van der Waals surface area (Å²) in [6.45, 7) is 0. The summed E-state index contributed by atoms with van der Waals surface area (Å²) in [7, 11) is 0. The molecule has 1 N–H and O–H groups in total. The smallest absolute Gasteiger partial charge is 0.350 e. The number of alkyl halides is 3. The van der Waals surface area contributed by atoms with Crippen molar-refractivity contribution in [1.82, 2.24) is 4.98 Å². The monoisotopic (exact) mass is 281 g/mol. The van der Waals surface area contributed by atoms with Crippen molar-refractivity contribution in [1.29, 1.82) is 0 Å². The van der Waals surface area contributed by atoms with Crippen molar-refractivity contribution in [3.8, 4) is 0 Å². The number of H-pyrrole nitrogens is 1. The van der Waals surface area contributed by atoms with Crippen molar-refractivity contribution in [2.75, 3.05) is 0 Å². The van der Waals surface area contributed by atoms with Gasteiger partial charge < -0.3 is 4.98 Å². The molecule has 0 atom stereocenters. The fraction of sp³-hybridized carbons (Fsp3) is 0.100. The zero-order chi connectivity index (χ0) is 12.8. The average molecular weight is 282 g/mol. The van der Waals surface area contributed by atoms with Crippen LogP contribution in [-0.2, 0) is 6.18 Å². The number of nitrogens with one attached hydrogen (secondary N) is 1. The number of halogens is 5. The lowest BCUT2D eigenvalue weighted by atomic mass is 10.2. The predicted molar refractivity (Wildman–Crippen MR) is 59.6 cm³/mol. The van der Waals surface area contributed by atoms with Gasteiger partial charge in [-0.1, -0.05) is 23.2 Å². The molecule has 17 heavy (non-hydrogen) atoms. The van der Waals surface area contributed by atoms with Crippen LogP contribution < -0.4 is 5.43 Å². The quantitative estimate of drug-likeness (QED) is 0.782. The molecule has 1 aromatic heterocycles. The first kappa shape index (κ1) is 12.3. The van der Waals surface area contributed by atoms with Gasteiger partial charge in [-0.3, -0.25) is 4.79 Å². The Morgan fingerprint density at radius 2 is 1.82 bits per heavy atom. The van der Waals surface area contributed by atoms with Crippen LogP contribution in [-0.4, -0.2) is 4.98 Å². The summed E-state index contributed by atoms with van der Waals surface area (Å²) >= 11 is 11.4. The van der Waals surface area contributed by atoms with Crippen LogP contribution in [0.5, 0.6) is 0 Å². The van der Waals surface area contributed by atoms with Crippen LogP contribution in [0.15, 0.2) is 23.0 Å². The van der Waals surface area contributed by atoms with Gasteiger partial charge in [0.25, 0.3) is 0 Å². The van der Waals surface area contributed by atoms with Gasteiger partial charge in [0.15, 0.2) is 5.43 Å². The van der Waals surface area contributed by atoms with Gasteiger partial charge in [-0.05, 0) is 12.1 Å². The SMILES string of the molecule is O=c1cc(C(F)(F)F)[nH]c2c(Cl)c(Cl)ccc12. The highest BCUT2D eigenvalue weighted by Crippen LogP contribution is 2.32. The lowest BCUT2D eigenvalue weighted by Crippen LogP contribution is -2.14. The van der Waals surface area contributed by atoms with Gasteiger partial charge in [0.1, 0.15) is 5.69 Å². The van der Waals surface area contributed by atoms with Gasteiger partial charge in [-0.25, -0.2) is 0 Å². The first-order valence-corrected chi connectivity index (χ1v) is 5.14. The van der Waals surface area contributed by atoms with Gasteiger partial charge in [0.05, 0.1) is 15.6 Å². The zero-order valence-corrected chi connectivity index (χ0v) is 9.54. The van der Waals surface area contributed by atoms with Crippen molar-refractivity contribution in [3.05, 3.63) is 44.2 Å². The maximum absolute atomic E-state index is 12.5. The second kappa shape index (κ2) is 3.92. The van der Waals surface area contributed by atoms with E-state index in [0.29, 0.717) is 6.07 Å². The fourth-order valence-corrected chi connectivity index (χ4v) is 1.78. The standard InChI is InChI=1S/C10H4Cl2F3NO/c11-5-2-1-4-6(17)3-7(10(13,14)15)16-9(4)8(5)12/h1-3H,(H,16,17). The van der Waals surface area contributed by atoms with Crippen LogP contribution in [0.4, 0.5) is 13.2 Å². The highest BCUT2D eigenvalue weighted by atomic mass is 35.5. The minimum absolute atomic E-state index is 0.0624. The summed E-state index contributed by atoms with van der Waals surface area (Å²) in [5, 5.41) is 0.0360. The van der Waals surface area contributed by atoms with Crippen LogP contribution in [0.1, 0.15) is 5.69 Å². The number of fused-ring (bicyclic) bond motifs is 1. The summed E-state index contributed by atoms with van der Waals surface area (Å²) in [6, 6.07) is 3.17. The van der Waals surface area contributed by atoms with E-state index < -0.39 is 17.3 Å². The summed E-state index contributed by atoms with van der Waals surface area (Å²) in [4.78, 5) is 13.6. The molecule has 90 valence electrons. The second-order valence-corrected chi connectivity index (χ2v) is 4.11. The fourth-order valence-electron chi connectivity index (χ4n) is 1.41. The van der Waals surface area contributed by atoms with Crippen molar-refractivity contribution in [2.24, 2.45) is 0 Å². The van der Waals surface area contributed by atoms with E-state index in [1.807, 2.05) is 0 Å². The topological polar surface area (TPSA) is 32.9 Å². The summed E-state index contributed by atoms with van der Waals surface area (Å²) in [5.41, 5.74) is -2.03. The Labute approximate surface area is 103 Å². The normalized spacial score (nSPS) is 12.1. The Bertz CT molecular complexity index is 648. The summed E-state index contributed by atoms with van der Waals surface area (Å²) in [6.07, 6.45) is -4.64. The molecule has 1 aromatic carbocycles. The minimum atomic E-state index is -4.64. The van der Waals surface area contributed by atoms with Crippen LogP contribution in [0.25, 0.3) is 10.9 Å². The minimum Gasteiger partial charge on any atom is -0.350 e. The average Bonchev–Trinajstić information content (AvgIpc) is 2.22. The second-order valence-electron chi connectivity index (χ2n) is 3.33. The van der Waals surface area contributed by atoms with E-state index in [1.165, 1.54) is 12.1 Å². The van der Waals surface area contributed by atoms with Crippen LogP contribution >= 0.6 is 23.2 Å². The maximum atomic E-state index is 12.5. The molecule has 0 saturated heterocycles. The van der Waals surface area contributed by atoms with E-state index in [2.05, 4.69) is 4.98 Å². The third-order valence-corrected chi connectivity index (χ3v) is 3.01. The molecule has 0 saturated carbocycles. The lowest BCUT2D eigenvalue weighted by molar-refractivity contribution is -0.141. The third-order valence-electron chi connectivity index (χ3n) is 2.20. The van der Waals surface area contributed by atoms with E-state index in [-0.39, 0.29) is 20.9 Å². The Hall–Kier alpha value is -1.20. The van der Waals surface area contributed by atoms with Crippen molar-refractivity contribution < 1.29 is 13.2 Å². The number of rotatable bonds is 0. The van der Waals surface area contributed by atoms with E-state index in [4.69, 9.17) is 23.2 Å². The van der Waals surface area contributed by atoms with Crippen molar-refractivity contribution >= 4 is 34.1 Å². The molecule has 0 aliphatic rings. The Morgan fingerprint density at radius 1 is 1.18 bits per heavy atom. The molecule has 7 heteroatoms. The van der Waals surface area contributed by atoms with Crippen molar-refractivity contribution in [2.45, 2.75) is 6.18 Å². The molecule has 2 rings (SSSR count). The predicted octanol–water partition coefficient (Wildman–Crippen LogP) is 3.85. The highest BCUT2D eigenvalue weighted by Gasteiger charge is 2.32. The molecule has 0 aliphatic carbocycles. The number of hydrogen-bond acceptors (Lipinski definition) is 1. The Balaban J connectivity index is 2.89. The number of hydrogen-bond donors (Lipinski definition) is 1. The molecule has 0 unspecified atom stereocenters. The molecule has 1 heterocycles. The molecule has 0 amide bonds. The third kappa shape index (κ3) is 2.12. The van der Waals surface area contributed by atoms with Crippen LogP contribution in [0.2, 0.25) is 10.0 Å². The lowest BCUT2D eigenvalue weighted by Gasteiger charge is -2.09. The molecule has 0 aliphatic heterocycles. The molecule has 0 bridgehead atoms. The first-order chi connectivity index (χ1) is 7.80. The van der Waals surface area contributed by atoms with Gasteiger partial charge in [-0.15, -0.1) is 0 Å². The molecule has 0 spiro atoms. The molecule has 0 fully saturated rings. The Kier molecular flexibility index (Phi) is 2.83. The zero-order valence-electron chi connectivity index (χ0n) is 8.03. The molecular formula is C10H4Cl2F3NO. The number of aromatic amines is 1. The van der Waals surface area contributed by atoms with Gasteiger partial charge in [0.2, 0.25) is 0 Å². The number of aromatic nitrogens is 1. The van der Waals surface area contributed by atoms with E-state index in [9.17, 15) is 18.0 Å². The van der Waals surface area contributed by atoms with E-state index in [1.54, 1.807) is 0 Å². The largest absolute Gasteiger partial charge is 0.431 e. The van der Waals surface area contributed by atoms with E-state index in [0.717, 1.165) is 0 Å². The molecule has 2 aromatic rings. The van der Waals surface area contributed by atoms with E-state index >= 15 is 0 Å². The molecule has 0 radical (unpaired) electrons. The van der Waals surface area contributed by atoms with Crippen molar-refractivity contribution in [3.63, 3.8) is 0 Å². The summed E-state index contributed by atoms with van der Waals surface area (Å²) in [5.74, 6) is 0. The Morgan fingerprint density at radius 3 is 2.41 bits per heavy atom.